The molecule has 0 bridgehead atoms. The first-order chi connectivity index (χ1) is 17.4. The molecule has 2 amide bonds. The molecule has 184 valence electrons. The van der Waals surface area contributed by atoms with Crippen molar-refractivity contribution >= 4 is 29.4 Å². The first kappa shape index (κ1) is 22.9. The van der Waals surface area contributed by atoms with Gasteiger partial charge in [0.2, 0.25) is 11.9 Å². The molecule has 3 heterocycles. The van der Waals surface area contributed by atoms with Crippen molar-refractivity contribution < 1.29 is 14.7 Å². The van der Waals surface area contributed by atoms with Crippen LogP contribution < -0.4 is 5.32 Å². The lowest BCUT2D eigenvalue weighted by atomic mass is 9.90. The molecular formula is C27H26ClN5O3. The van der Waals surface area contributed by atoms with Crippen molar-refractivity contribution in [1.29, 1.82) is 0 Å². The van der Waals surface area contributed by atoms with Gasteiger partial charge >= 0.3 is 0 Å². The van der Waals surface area contributed by atoms with Crippen LogP contribution in [0.1, 0.15) is 39.9 Å². The molecule has 3 aliphatic rings. The van der Waals surface area contributed by atoms with Gasteiger partial charge in [-0.05, 0) is 42.0 Å². The number of aliphatic hydroxyl groups excluding tert-OH is 1. The Morgan fingerprint density at radius 3 is 2.72 bits per heavy atom. The van der Waals surface area contributed by atoms with Gasteiger partial charge in [0.1, 0.15) is 6.54 Å². The van der Waals surface area contributed by atoms with E-state index in [4.69, 9.17) is 11.6 Å². The van der Waals surface area contributed by atoms with Gasteiger partial charge in [0.25, 0.3) is 5.91 Å². The molecule has 0 spiro atoms. The lowest BCUT2D eigenvalue weighted by Crippen LogP contribution is -2.42. The highest BCUT2D eigenvalue weighted by atomic mass is 35.5. The summed E-state index contributed by atoms with van der Waals surface area (Å²) >= 11 is 6.41. The van der Waals surface area contributed by atoms with E-state index in [0.29, 0.717) is 60.3 Å². The summed E-state index contributed by atoms with van der Waals surface area (Å²) in [6.45, 7) is 1.70. The maximum Gasteiger partial charge on any atom is 0.254 e. The van der Waals surface area contributed by atoms with E-state index in [1.54, 1.807) is 11.0 Å². The molecule has 3 aromatic rings. The minimum Gasteiger partial charge on any atom is -0.393 e. The lowest BCUT2D eigenvalue weighted by Gasteiger charge is -2.31. The third-order valence-electron chi connectivity index (χ3n) is 7.26. The van der Waals surface area contributed by atoms with E-state index in [-0.39, 0.29) is 30.5 Å². The van der Waals surface area contributed by atoms with Crippen LogP contribution in [-0.4, -0.2) is 61.9 Å². The minimum absolute atomic E-state index is 0.0402. The van der Waals surface area contributed by atoms with Gasteiger partial charge < -0.3 is 20.2 Å². The lowest BCUT2D eigenvalue weighted by molar-refractivity contribution is -0.132. The quantitative estimate of drug-likeness (QED) is 0.554. The molecule has 0 radical (unpaired) electrons. The number of halogens is 1. The first-order valence-electron chi connectivity index (χ1n) is 12.2. The van der Waals surface area contributed by atoms with Gasteiger partial charge in [0.05, 0.1) is 23.0 Å². The number of carbonyl (C=O) groups excluding carboxylic acids is 2. The van der Waals surface area contributed by atoms with Crippen LogP contribution in [0.2, 0.25) is 5.02 Å². The van der Waals surface area contributed by atoms with Crippen molar-refractivity contribution in [3.05, 3.63) is 75.9 Å². The fraction of sp³-hybridized carbons (Fsp3) is 0.333. The van der Waals surface area contributed by atoms with E-state index < -0.39 is 0 Å². The Morgan fingerprint density at radius 2 is 1.92 bits per heavy atom. The third kappa shape index (κ3) is 4.31. The van der Waals surface area contributed by atoms with Gasteiger partial charge in [-0.2, -0.15) is 0 Å². The number of nitrogens with zero attached hydrogens (tertiary/aromatic N) is 4. The molecule has 9 heteroatoms. The Morgan fingerprint density at radius 1 is 1.11 bits per heavy atom. The number of nitrogens with one attached hydrogen (secondary N) is 1. The van der Waals surface area contributed by atoms with Crippen LogP contribution in [0.5, 0.6) is 0 Å². The second-order valence-corrected chi connectivity index (χ2v) is 10.1. The van der Waals surface area contributed by atoms with Crippen molar-refractivity contribution in [3.63, 3.8) is 0 Å². The molecule has 6 rings (SSSR count). The zero-order chi connectivity index (χ0) is 24.8. The normalized spacial score (nSPS) is 20.6. The largest absolute Gasteiger partial charge is 0.393 e. The van der Waals surface area contributed by atoms with E-state index in [1.165, 1.54) is 17.3 Å². The molecule has 36 heavy (non-hydrogen) atoms. The Bertz CT molecular complexity index is 1360. The summed E-state index contributed by atoms with van der Waals surface area (Å²) in [5.41, 5.74) is 5.15. The second-order valence-electron chi connectivity index (χ2n) is 9.72. The van der Waals surface area contributed by atoms with Crippen LogP contribution in [0.3, 0.4) is 0 Å². The summed E-state index contributed by atoms with van der Waals surface area (Å²) in [5, 5.41) is 13.1. The molecule has 0 saturated heterocycles. The number of hydrogen-bond acceptors (Lipinski definition) is 6. The third-order valence-corrected chi connectivity index (χ3v) is 7.54. The van der Waals surface area contributed by atoms with Crippen LogP contribution in [0.4, 0.5) is 5.95 Å². The molecule has 2 aliphatic heterocycles. The van der Waals surface area contributed by atoms with Crippen LogP contribution in [0, 0.1) is 0 Å². The van der Waals surface area contributed by atoms with Crippen LogP contribution in [-0.2, 0) is 24.3 Å². The molecular weight excluding hydrogens is 478 g/mol. The Kier molecular flexibility index (Phi) is 5.85. The number of carbonyl (C=O) groups is 2. The van der Waals surface area contributed by atoms with E-state index >= 15 is 0 Å². The van der Waals surface area contributed by atoms with Crippen LogP contribution in [0.25, 0.3) is 11.3 Å². The molecule has 1 saturated carbocycles. The highest BCUT2D eigenvalue weighted by molar-refractivity contribution is 6.33. The smallest absolute Gasteiger partial charge is 0.254 e. The number of hydrogen-bond donors (Lipinski definition) is 2. The van der Waals surface area contributed by atoms with Crippen LogP contribution >= 0.6 is 11.6 Å². The Labute approximate surface area is 213 Å². The number of benzene rings is 2. The fourth-order valence-electron chi connectivity index (χ4n) is 5.14. The van der Waals surface area contributed by atoms with E-state index in [1.807, 2.05) is 29.2 Å². The SMILES string of the molecule is O=C(CN1Cc2ccc(-c3nc(N[C@H]4C[C@@H](O)C4)ncc3Cl)cc2C1=O)N1CCc2ccccc2C1. The zero-order valence-corrected chi connectivity index (χ0v) is 20.4. The van der Waals surface area contributed by atoms with Gasteiger partial charge in [0.15, 0.2) is 0 Å². The molecule has 8 nitrogen and oxygen atoms in total. The number of aliphatic hydroxyl groups is 1. The number of aromatic nitrogens is 2. The number of fused-ring (bicyclic) bond motifs is 2. The molecule has 0 unspecified atom stereocenters. The average Bonchev–Trinajstić information content (AvgIpc) is 3.18. The molecule has 2 N–H and O–H groups in total. The molecule has 2 aromatic carbocycles. The second kappa shape index (κ2) is 9.19. The van der Waals surface area contributed by atoms with Crippen LogP contribution in [0.15, 0.2) is 48.7 Å². The van der Waals surface area contributed by atoms with Crippen molar-refractivity contribution in [2.24, 2.45) is 0 Å². The number of anilines is 1. The highest BCUT2D eigenvalue weighted by Crippen LogP contribution is 2.32. The van der Waals surface area contributed by atoms with Gasteiger partial charge in [-0.1, -0.05) is 48.0 Å². The van der Waals surface area contributed by atoms with Crippen molar-refractivity contribution in [1.82, 2.24) is 19.8 Å². The summed E-state index contributed by atoms with van der Waals surface area (Å²) < 4.78 is 0. The van der Waals surface area contributed by atoms with Gasteiger partial charge in [-0.25, -0.2) is 9.97 Å². The predicted molar refractivity (Wildman–Crippen MR) is 135 cm³/mol. The topological polar surface area (TPSA) is 98.7 Å². The molecule has 1 fully saturated rings. The zero-order valence-electron chi connectivity index (χ0n) is 19.7. The maximum atomic E-state index is 13.2. The summed E-state index contributed by atoms with van der Waals surface area (Å²) in [7, 11) is 0. The average molecular weight is 504 g/mol. The van der Waals surface area contributed by atoms with Gasteiger partial charge in [0, 0.05) is 36.8 Å². The Hall–Kier alpha value is -3.49. The summed E-state index contributed by atoms with van der Waals surface area (Å²) in [4.78, 5) is 38.5. The molecule has 1 aromatic heterocycles. The van der Waals surface area contributed by atoms with E-state index in [2.05, 4.69) is 27.4 Å². The van der Waals surface area contributed by atoms with Gasteiger partial charge in [-0.15, -0.1) is 0 Å². The van der Waals surface area contributed by atoms with Crippen molar-refractivity contribution in [2.45, 2.75) is 44.5 Å². The standard InChI is InChI=1S/C27H26ClN5O3/c28-23-12-29-27(30-20-10-21(34)11-20)31-25(23)17-5-6-19-14-33(26(36)22(19)9-17)15-24(35)32-8-7-16-3-1-2-4-18(16)13-32/h1-6,9,12,20-21,34H,7-8,10-11,13-15H2,(H,29,30,31)/t20-,21+. The fourth-order valence-corrected chi connectivity index (χ4v) is 5.34. The van der Waals surface area contributed by atoms with Crippen molar-refractivity contribution in [3.8, 4) is 11.3 Å². The predicted octanol–water partition coefficient (Wildman–Crippen LogP) is 3.27. The monoisotopic (exact) mass is 503 g/mol. The molecule has 0 atom stereocenters. The summed E-state index contributed by atoms with van der Waals surface area (Å²) in [6, 6.07) is 13.9. The van der Waals surface area contributed by atoms with Crippen molar-refractivity contribution in [2.75, 3.05) is 18.4 Å². The van der Waals surface area contributed by atoms with E-state index in [0.717, 1.165) is 12.0 Å². The minimum atomic E-state index is -0.280. The first-order valence-corrected chi connectivity index (χ1v) is 12.6. The van der Waals surface area contributed by atoms with Gasteiger partial charge in [-0.3, -0.25) is 9.59 Å². The highest BCUT2D eigenvalue weighted by Gasteiger charge is 2.32. The summed E-state index contributed by atoms with van der Waals surface area (Å²) in [5.74, 6) is 0.236. The number of rotatable bonds is 5. The maximum absolute atomic E-state index is 13.2. The number of amides is 2. The summed E-state index contributed by atoms with van der Waals surface area (Å²) in [6.07, 6.45) is 3.41. The Balaban J connectivity index is 1.16. The van der Waals surface area contributed by atoms with E-state index in [9.17, 15) is 14.7 Å². The molecule has 1 aliphatic carbocycles.